The molecule has 41 heavy (non-hydrogen) atoms. The SMILES string of the molecule is CN(c1ccccc1)c1ccc(-c2cccc3c2c2c4ccccc4ccc2n3-c2ccc3ccccc3c2)cc1. The van der Waals surface area contributed by atoms with E-state index in [2.05, 4.69) is 168 Å². The van der Waals surface area contributed by atoms with Gasteiger partial charge >= 0.3 is 0 Å². The second-order valence-electron chi connectivity index (χ2n) is 10.7. The van der Waals surface area contributed by atoms with E-state index in [0.29, 0.717) is 0 Å². The molecule has 1 aromatic heterocycles. The lowest BCUT2D eigenvalue weighted by atomic mass is 9.96. The molecule has 0 radical (unpaired) electrons. The highest BCUT2D eigenvalue weighted by Crippen LogP contribution is 2.42. The quantitative estimate of drug-likeness (QED) is 0.222. The molecule has 8 rings (SSSR count). The van der Waals surface area contributed by atoms with Gasteiger partial charge in [0, 0.05) is 34.9 Å². The fourth-order valence-electron chi connectivity index (χ4n) is 6.33. The van der Waals surface area contributed by atoms with E-state index in [-0.39, 0.29) is 0 Å². The molecule has 0 amide bonds. The Balaban J connectivity index is 1.38. The van der Waals surface area contributed by atoms with Gasteiger partial charge in [0.15, 0.2) is 0 Å². The Labute approximate surface area is 239 Å². The van der Waals surface area contributed by atoms with E-state index in [0.717, 1.165) is 5.69 Å². The van der Waals surface area contributed by atoms with Gasteiger partial charge < -0.3 is 9.47 Å². The smallest absolute Gasteiger partial charge is 0.0547 e. The van der Waals surface area contributed by atoms with Crippen molar-refractivity contribution in [2.24, 2.45) is 0 Å². The molecule has 0 spiro atoms. The summed E-state index contributed by atoms with van der Waals surface area (Å²) in [6.07, 6.45) is 0. The molecule has 0 saturated carbocycles. The summed E-state index contributed by atoms with van der Waals surface area (Å²) in [5.41, 5.74) is 8.42. The Morgan fingerprint density at radius 3 is 1.95 bits per heavy atom. The van der Waals surface area contributed by atoms with Crippen LogP contribution in [0.3, 0.4) is 0 Å². The van der Waals surface area contributed by atoms with Crippen LogP contribution in [-0.4, -0.2) is 11.6 Å². The van der Waals surface area contributed by atoms with Crippen molar-refractivity contribution in [2.45, 2.75) is 0 Å². The molecule has 8 aromatic rings. The molecule has 7 aromatic carbocycles. The molecule has 0 saturated heterocycles. The molecule has 0 aliphatic rings. The van der Waals surface area contributed by atoms with Crippen LogP contribution in [0.2, 0.25) is 0 Å². The number of anilines is 2. The van der Waals surface area contributed by atoms with Crippen LogP contribution in [0.5, 0.6) is 0 Å². The van der Waals surface area contributed by atoms with Crippen molar-refractivity contribution >= 4 is 54.7 Å². The minimum Gasteiger partial charge on any atom is -0.345 e. The van der Waals surface area contributed by atoms with Gasteiger partial charge in [-0.25, -0.2) is 0 Å². The molecule has 2 heteroatoms. The van der Waals surface area contributed by atoms with Crippen LogP contribution in [0.4, 0.5) is 11.4 Å². The van der Waals surface area contributed by atoms with Crippen molar-refractivity contribution in [2.75, 3.05) is 11.9 Å². The third-order valence-corrected chi connectivity index (χ3v) is 8.38. The third-order valence-electron chi connectivity index (χ3n) is 8.38. The molecule has 0 aliphatic carbocycles. The van der Waals surface area contributed by atoms with Crippen molar-refractivity contribution in [1.82, 2.24) is 4.57 Å². The molecule has 0 aliphatic heterocycles. The van der Waals surface area contributed by atoms with Crippen LogP contribution < -0.4 is 4.90 Å². The molecule has 0 unspecified atom stereocenters. The van der Waals surface area contributed by atoms with Crippen LogP contribution in [-0.2, 0) is 0 Å². The Morgan fingerprint density at radius 1 is 0.463 bits per heavy atom. The topological polar surface area (TPSA) is 8.17 Å². The third kappa shape index (κ3) is 3.80. The van der Waals surface area contributed by atoms with Crippen molar-refractivity contribution < 1.29 is 0 Å². The van der Waals surface area contributed by atoms with Crippen LogP contribution >= 0.6 is 0 Å². The maximum atomic E-state index is 2.44. The molecule has 0 fully saturated rings. The van der Waals surface area contributed by atoms with Gasteiger partial charge in [0.1, 0.15) is 0 Å². The highest BCUT2D eigenvalue weighted by molar-refractivity contribution is 6.25. The summed E-state index contributed by atoms with van der Waals surface area (Å²) < 4.78 is 2.44. The number of para-hydroxylation sites is 1. The van der Waals surface area contributed by atoms with Gasteiger partial charge in [0.25, 0.3) is 0 Å². The summed E-state index contributed by atoms with van der Waals surface area (Å²) in [7, 11) is 2.12. The molecular weight excluding hydrogens is 496 g/mol. The predicted octanol–water partition coefficient (Wildman–Crippen LogP) is 10.5. The summed E-state index contributed by atoms with van der Waals surface area (Å²) in [5, 5.41) is 7.62. The number of hydrogen-bond acceptors (Lipinski definition) is 1. The minimum absolute atomic E-state index is 1.16. The lowest BCUT2D eigenvalue weighted by molar-refractivity contribution is 1.19. The van der Waals surface area contributed by atoms with E-state index in [9.17, 15) is 0 Å². The Hall–Kier alpha value is -5.34. The minimum atomic E-state index is 1.16. The van der Waals surface area contributed by atoms with Gasteiger partial charge in [-0.1, -0.05) is 103 Å². The van der Waals surface area contributed by atoms with Crippen molar-refractivity contribution in [3.05, 3.63) is 152 Å². The molecular formula is C39H28N2. The van der Waals surface area contributed by atoms with Crippen molar-refractivity contribution in [1.29, 1.82) is 0 Å². The van der Waals surface area contributed by atoms with Gasteiger partial charge in [0.05, 0.1) is 11.0 Å². The van der Waals surface area contributed by atoms with Crippen molar-refractivity contribution in [3.63, 3.8) is 0 Å². The Kier molecular flexibility index (Phi) is 5.39. The maximum absolute atomic E-state index is 2.44. The Morgan fingerprint density at radius 2 is 1.12 bits per heavy atom. The zero-order valence-electron chi connectivity index (χ0n) is 22.8. The average molecular weight is 525 g/mol. The second-order valence-corrected chi connectivity index (χ2v) is 10.7. The summed E-state index contributed by atoms with van der Waals surface area (Å²) in [4.78, 5) is 2.23. The number of nitrogens with zero attached hydrogens (tertiary/aromatic N) is 2. The molecule has 2 nitrogen and oxygen atoms in total. The molecule has 0 atom stereocenters. The molecule has 1 heterocycles. The first-order chi connectivity index (χ1) is 20.3. The number of hydrogen-bond donors (Lipinski definition) is 0. The number of aromatic nitrogens is 1. The van der Waals surface area contributed by atoms with Crippen molar-refractivity contribution in [3.8, 4) is 16.8 Å². The van der Waals surface area contributed by atoms with Crippen LogP contribution in [0.25, 0.3) is 60.2 Å². The summed E-state index contributed by atoms with van der Waals surface area (Å²) in [6.45, 7) is 0. The van der Waals surface area contributed by atoms with Crippen LogP contribution in [0.1, 0.15) is 0 Å². The predicted molar refractivity (Wildman–Crippen MR) is 176 cm³/mol. The number of benzene rings is 7. The zero-order valence-corrected chi connectivity index (χ0v) is 22.8. The van der Waals surface area contributed by atoms with Gasteiger partial charge in [-0.2, -0.15) is 0 Å². The first-order valence-corrected chi connectivity index (χ1v) is 14.1. The molecule has 0 bridgehead atoms. The van der Waals surface area contributed by atoms with E-state index in [1.807, 2.05) is 0 Å². The maximum Gasteiger partial charge on any atom is 0.0547 e. The lowest BCUT2D eigenvalue weighted by Crippen LogP contribution is -2.08. The zero-order chi connectivity index (χ0) is 27.3. The summed E-state index contributed by atoms with van der Waals surface area (Å²) >= 11 is 0. The van der Waals surface area contributed by atoms with Gasteiger partial charge in [-0.05, 0) is 81.2 Å². The summed E-state index contributed by atoms with van der Waals surface area (Å²) in [5.74, 6) is 0. The van der Waals surface area contributed by atoms with E-state index in [4.69, 9.17) is 0 Å². The number of rotatable bonds is 4. The molecule has 194 valence electrons. The fraction of sp³-hybridized carbons (Fsp3) is 0.0256. The second kappa shape index (κ2) is 9.39. The monoisotopic (exact) mass is 524 g/mol. The standard InChI is InChI=1S/C39H28N2/c1-40(31-13-3-2-4-14-31)32-22-19-29(20-23-32)35-16-9-17-36-38(35)39-34-15-8-7-11-28(34)21-25-37(39)41(36)33-24-18-27-10-5-6-12-30(27)26-33/h2-26H,1H3. The average Bonchev–Trinajstić information content (AvgIpc) is 3.40. The van der Waals surface area contributed by atoms with Crippen LogP contribution in [0.15, 0.2) is 152 Å². The van der Waals surface area contributed by atoms with Gasteiger partial charge in [-0.15, -0.1) is 0 Å². The van der Waals surface area contributed by atoms with Gasteiger partial charge in [-0.3, -0.25) is 0 Å². The lowest BCUT2D eigenvalue weighted by Gasteiger charge is -2.20. The highest BCUT2D eigenvalue weighted by Gasteiger charge is 2.18. The van der Waals surface area contributed by atoms with Crippen LogP contribution in [0, 0.1) is 0 Å². The normalized spacial score (nSPS) is 11.5. The van der Waals surface area contributed by atoms with E-state index in [1.54, 1.807) is 0 Å². The van der Waals surface area contributed by atoms with Gasteiger partial charge in [0.2, 0.25) is 0 Å². The Bertz CT molecular complexity index is 2210. The summed E-state index contributed by atoms with van der Waals surface area (Å²) in [6, 6.07) is 54.8. The van der Waals surface area contributed by atoms with E-state index >= 15 is 0 Å². The number of fused-ring (bicyclic) bond motifs is 6. The largest absolute Gasteiger partial charge is 0.345 e. The first kappa shape index (κ1) is 23.5. The fourth-order valence-corrected chi connectivity index (χ4v) is 6.33. The molecule has 0 N–H and O–H groups in total. The van der Waals surface area contributed by atoms with E-state index < -0.39 is 0 Å². The van der Waals surface area contributed by atoms with E-state index in [1.165, 1.54) is 65.9 Å². The first-order valence-electron chi connectivity index (χ1n) is 14.1. The highest BCUT2D eigenvalue weighted by atomic mass is 15.1.